The van der Waals surface area contributed by atoms with E-state index in [9.17, 15) is 28.4 Å². The summed E-state index contributed by atoms with van der Waals surface area (Å²) in [6.07, 6.45) is 0.402. The van der Waals surface area contributed by atoms with Crippen molar-refractivity contribution in [3.8, 4) is 0 Å². The van der Waals surface area contributed by atoms with E-state index in [2.05, 4.69) is 5.32 Å². The fraction of sp³-hybridized carbons (Fsp3) is 0.421. The molecule has 2 aliphatic heterocycles. The van der Waals surface area contributed by atoms with Crippen LogP contribution in [0.15, 0.2) is 24.3 Å². The summed E-state index contributed by atoms with van der Waals surface area (Å²) in [6.45, 7) is -1.42. The smallest absolute Gasteiger partial charge is 0.305 e. The van der Waals surface area contributed by atoms with E-state index in [0.717, 1.165) is 0 Å². The second-order valence-corrected chi connectivity index (χ2v) is 6.84. The lowest BCUT2D eigenvalue weighted by molar-refractivity contribution is -0.140. The Bertz CT molecular complexity index is 855. The maximum absolute atomic E-state index is 12.9. The Morgan fingerprint density at radius 1 is 1.18 bits per heavy atom. The Hall–Kier alpha value is -3.10. The molecule has 3 atom stereocenters. The third kappa shape index (κ3) is 3.51. The van der Waals surface area contributed by atoms with Crippen LogP contribution in [0.5, 0.6) is 0 Å². The van der Waals surface area contributed by atoms with Gasteiger partial charge in [0.15, 0.2) is 11.6 Å². The Morgan fingerprint density at radius 2 is 1.86 bits per heavy atom. The molecule has 2 aliphatic rings. The largest absolute Gasteiger partial charge is 0.481 e. The van der Waals surface area contributed by atoms with Crippen molar-refractivity contribution in [2.24, 2.45) is 0 Å². The number of carbonyl (C=O) groups is 5. The molecular weight excluding hydrogens is 371 g/mol. The second-order valence-electron chi connectivity index (χ2n) is 6.84. The predicted molar refractivity (Wildman–Crippen MR) is 93.5 cm³/mol. The second kappa shape index (κ2) is 7.87. The summed E-state index contributed by atoms with van der Waals surface area (Å²) >= 11 is 0. The van der Waals surface area contributed by atoms with Gasteiger partial charge in [-0.3, -0.25) is 24.0 Å². The number of halogens is 1. The molecule has 0 aliphatic carbocycles. The number of aliphatic carboxylic acids is 1. The first-order valence-electron chi connectivity index (χ1n) is 8.92. The zero-order valence-corrected chi connectivity index (χ0v) is 14.9. The van der Waals surface area contributed by atoms with Gasteiger partial charge in [0.1, 0.15) is 18.8 Å². The number of hydrogen-bond acceptors (Lipinski definition) is 5. The molecule has 2 amide bonds. The lowest BCUT2D eigenvalue weighted by Crippen LogP contribution is -2.62. The lowest BCUT2D eigenvalue weighted by Gasteiger charge is -2.43. The average molecular weight is 390 g/mol. The van der Waals surface area contributed by atoms with Crippen LogP contribution in [0.2, 0.25) is 0 Å². The molecule has 0 bridgehead atoms. The molecule has 2 heterocycles. The predicted octanol–water partition coefficient (Wildman–Crippen LogP) is 0.744. The van der Waals surface area contributed by atoms with Gasteiger partial charge in [0.25, 0.3) is 5.91 Å². The first-order valence-corrected chi connectivity index (χ1v) is 8.92. The molecular formula is C19H19FN2O6. The Balaban J connectivity index is 1.87. The Morgan fingerprint density at radius 3 is 2.50 bits per heavy atom. The number of carboxylic acid groups (broad SMARTS) is 1. The first kappa shape index (κ1) is 19.7. The van der Waals surface area contributed by atoms with Crippen molar-refractivity contribution in [1.82, 2.24) is 10.2 Å². The topological polar surface area (TPSA) is 121 Å². The molecule has 0 spiro atoms. The standard InChI is InChI=1S/C19H19FN2O6/c20-9-15(23)12(8-16(24)25)21-18(27)14-7-3-6-13-17(26)10-4-1-2-5-11(10)19(28)22(13)14/h1-2,4-5,12-14H,3,6-9H2,(H,21,27)(H,24,25). The molecule has 8 nitrogen and oxygen atoms in total. The summed E-state index contributed by atoms with van der Waals surface area (Å²) in [5, 5.41) is 11.1. The van der Waals surface area contributed by atoms with E-state index in [1.54, 1.807) is 18.2 Å². The number of carbonyl (C=O) groups excluding carboxylic acids is 4. The minimum Gasteiger partial charge on any atom is -0.481 e. The van der Waals surface area contributed by atoms with Gasteiger partial charge in [0, 0.05) is 5.56 Å². The monoisotopic (exact) mass is 390 g/mol. The molecule has 3 rings (SSSR count). The number of Topliss-reactive ketones (excluding diaryl/α,β-unsaturated/α-hetero) is 2. The fourth-order valence-electron chi connectivity index (χ4n) is 3.78. The van der Waals surface area contributed by atoms with Crippen molar-refractivity contribution in [3.05, 3.63) is 35.4 Å². The van der Waals surface area contributed by atoms with Gasteiger partial charge in [-0.1, -0.05) is 18.2 Å². The summed E-state index contributed by atoms with van der Waals surface area (Å²) in [4.78, 5) is 62.2. The molecule has 0 aromatic heterocycles. The Kier molecular flexibility index (Phi) is 5.53. The normalized spacial score (nSPS) is 22.1. The van der Waals surface area contributed by atoms with Crippen LogP contribution in [0, 0.1) is 0 Å². The number of ketones is 2. The number of hydrogen-bond donors (Lipinski definition) is 2. The third-order valence-electron chi connectivity index (χ3n) is 5.11. The molecule has 2 N–H and O–H groups in total. The number of amides is 2. The van der Waals surface area contributed by atoms with E-state index in [0.29, 0.717) is 18.4 Å². The third-order valence-corrected chi connectivity index (χ3v) is 5.11. The van der Waals surface area contributed by atoms with Crippen molar-refractivity contribution >= 4 is 29.4 Å². The molecule has 1 saturated heterocycles. The number of nitrogens with one attached hydrogen (secondary N) is 1. The van der Waals surface area contributed by atoms with Crippen LogP contribution in [-0.2, 0) is 14.4 Å². The number of piperidine rings is 1. The van der Waals surface area contributed by atoms with Crippen molar-refractivity contribution in [2.75, 3.05) is 6.67 Å². The van der Waals surface area contributed by atoms with Crippen molar-refractivity contribution in [1.29, 1.82) is 0 Å². The van der Waals surface area contributed by atoms with Crippen molar-refractivity contribution in [2.45, 2.75) is 43.8 Å². The van der Waals surface area contributed by atoms with E-state index >= 15 is 0 Å². The molecule has 3 unspecified atom stereocenters. The molecule has 28 heavy (non-hydrogen) atoms. The summed E-state index contributed by atoms with van der Waals surface area (Å²) in [7, 11) is 0. The van der Waals surface area contributed by atoms with Gasteiger partial charge >= 0.3 is 5.97 Å². The molecule has 0 saturated carbocycles. The van der Waals surface area contributed by atoms with Crippen molar-refractivity contribution in [3.63, 3.8) is 0 Å². The van der Waals surface area contributed by atoms with Crippen LogP contribution in [0.4, 0.5) is 4.39 Å². The van der Waals surface area contributed by atoms with Crippen LogP contribution in [0.3, 0.4) is 0 Å². The summed E-state index contributed by atoms with van der Waals surface area (Å²) in [5.74, 6) is -3.92. The van der Waals surface area contributed by atoms with Crippen molar-refractivity contribution < 1.29 is 33.5 Å². The molecule has 1 aromatic carbocycles. The fourth-order valence-corrected chi connectivity index (χ4v) is 3.78. The molecule has 0 radical (unpaired) electrons. The van der Waals surface area contributed by atoms with E-state index in [1.807, 2.05) is 0 Å². The van der Waals surface area contributed by atoms with Crippen LogP contribution in [0.25, 0.3) is 0 Å². The number of benzene rings is 1. The Labute approximate surface area is 159 Å². The molecule has 1 aromatic rings. The zero-order chi connectivity index (χ0) is 20.4. The van der Waals surface area contributed by atoms with Crippen LogP contribution in [-0.4, -0.2) is 64.2 Å². The highest BCUT2D eigenvalue weighted by Gasteiger charge is 2.46. The van der Waals surface area contributed by atoms with Gasteiger partial charge < -0.3 is 15.3 Å². The number of carboxylic acids is 1. The van der Waals surface area contributed by atoms with E-state index in [-0.39, 0.29) is 17.8 Å². The summed E-state index contributed by atoms with van der Waals surface area (Å²) in [6, 6.07) is 3.00. The maximum atomic E-state index is 12.9. The molecule has 1 fully saturated rings. The quantitative estimate of drug-likeness (QED) is 0.739. The van der Waals surface area contributed by atoms with E-state index in [4.69, 9.17) is 5.11 Å². The zero-order valence-electron chi connectivity index (χ0n) is 14.9. The first-order chi connectivity index (χ1) is 13.3. The highest BCUT2D eigenvalue weighted by molar-refractivity contribution is 6.16. The van der Waals surface area contributed by atoms with E-state index in [1.165, 1.54) is 11.0 Å². The van der Waals surface area contributed by atoms with Crippen LogP contribution < -0.4 is 5.32 Å². The molecule has 148 valence electrons. The van der Waals surface area contributed by atoms with Gasteiger partial charge in [0.2, 0.25) is 5.91 Å². The minimum atomic E-state index is -1.53. The highest BCUT2D eigenvalue weighted by Crippen LogP contribution is 2.33. The number of fused-ring (bicyclic) bond motifs is 2. The maximum Gasteiger partial charge on any atom is 0.305 e. The van der Waals surface area contributed by atoms with Gasteiger partial charge in [-0.15, -0.1) is 0 Å². The van der Waals surface area contributed by atoms with Gasteiger partial charge in [-0.25, -0.2) is 4.39 Å². The van der Waals surface area contributed by atoms with Gasteiger partial charge in [0.05, 0.1) is 18.0 Å². The van der Waals surface area contributed by atoms with E-state index < -0.39 is 54.8 Å². The molecule has 9 heteroatoms. The number of rotatable bonds is 6. The summed E-state index contributed by atoms with van der Waals surface area (Å²) < 4.78 is 12.7. The summed E-state index contributed by atoms with van der Waals surface area (Å²) in [5.41, 5.74) is 0.511. The number of nitrogens with zero attached hydrogens (tertiary/aromatic N) is 1. The minimum absolute atomic E-state index is 0.199. The van der Waals surface area contributed by atoms with Gasteiger partial charge in [-0.2, -0.15) is 0 Å². The van der Waals surface area contributed by atoms with Crippen LogP contribution >= 0.6 is 0 Å². The van der Waals surface area contributed by atoms with Gasteiger partial charge in [-0.05, 0) is 25.3 Å². The highest BCUT2D eigenvalue weighted by atomic mass is 19.1. The average Bonchev–Trinajstić information content (AvgIpc) is 2.70. The van der Waals surface area contributed by atoms with Crippen LogP contribution in [0.1, 0.15) is 46.4 Å². The SMILES string of the molecule is O=C(O)CC(NC(=O)C1CCCC2C(=O)c3ccccc3C(=O)N12)C(=O)CF. The lowest BCUT2D eigenvalue weighted by atomic mass is 9.84. The number of alkyl halides is 1.